The number of aromatic nitrogens is 2. The third-order valence-corrected chi connectivity index (χ3v) is 6.82. The van der Waals surface area contributed by atoms with Gasteiger partial charge in [-0.25, -0.2) is 0 Å². The predicted octanol–water partition coefficient (Wildman–Crippen LogP) is 3.18. The van der Waals surface area contributed by atoms with Gasteiger partial charge in [0.15, 0.2) is 5.82 Å². The molecule has 2 aliphatic carbocycles. The van der Waals surface area contributed by atoms with Crippen molar-refractivity contribution >= 4 is 5.91 Å². The van der Waals surface area contributed by atoms with Gasteiger partial charge in [0.2, 0.25) is 0 Å². The lowest BCUT2D eigenvalue weighted by molar-refractivity contribution is -0.203. The minimum Gasteiger partial charge on any atom is -0.383 e. The number of halogens is 2. The molecule has 1 aromatic heterocycles. The number of aliphatic hydroxyl groups is 1. The minimum atomic E-state index is -3.90. The predicted molar refractivity (Wildman–Crippen MR) is 98.4 cm³/mol. The van der Waals surface area contributed by atoms with Crippen molar-refractivity contribution in [2.45, 2.75) is 93.6 Å². The molecular weight excluding hydrogens is 384 g/mol. The molecular formula is C20H29F2N3O4. The summed E-state index contributed by atoms with van der Waals surface area (Å²) in [5.41, 5.74) is -3.51. The summed E-state index contributed by atoms with van der Waals surface area (Å²) in [6, 6.07) is 0. The molecule has 0 atom stereocenters. The molecule has 7 nitrogen and oxygen atoms in total. The second kappa shape index (κ2) is 7.91. The summed E-state index contributed by atoms with van der Waals surface area (Å²) in [5, 5.41) is 17.1. The van der Waals surface area contributed by atoms with E-state index in [2.05, 4.69) is 15.5 Å². The SMILES string of the molecule is O=C(NC1(c2nc(C3CCCC3)no2)CCOCC1)C(F)(F)C1(O)CCCCC1. The number of hydrogen-bond acceptors (Lipinski definition) is 6. The lowest BCUT2D eigenvalue weighted by Crippen LogP contribution is -2.62. The van der Waals surface area contributed by atoms with E-state index in [1.54, 1.807) is 0 Å². The van der Waals surface area contributed by atoms with Gasteiger partial charge in [-0.2, -0.15) is 13.8 Å². The second-order valence-corrected chi connectivity index (χ2v) is 8.75. The molecule has 0 spiro atoms. The number of carbonyl (C=O) groups is 1. The zero-order chi connectivity index (χ0) is 20.5. The Balaban J connectivity index is 1.57. The molecule has 3 fully saturated rings. The highest BCUT2D eigenvalue weighted by molar-refractivity contribution is 5.85. The summed E-state index contributed by atoms with van der Waals surface area (Å²) in [6.07, 6.45) is 6.26. The van der Waals surface area contributed by atoms with Crippen molar-refractivity contribution in [3.63, 3.8) is 0 Å². The molecule has 2 heterocycles. The number of ether oxygens (including phenoxy) is 1. The molecule has 1 amide bonds. The Morgan fingerprint density at radius 2 is 1.72 bits per heavy atom. The Bertz CT molecular complexity index is 721. The highest BCUT2D eigenvalue weighted by Gasteiger charge is 2.60. The van der Waals surface area contributed by atoms with Crippen molar-refractivity contribution in [2.75, 3.05) is 13.2 Å². The number of hydrogen-bond donors (Lipinski definition) is 2. The fourth-order valence-electron chi connectivity index (χ4n) is 4.85. The third-order valence-electron chi connectivity index (χ3n) is 6.82. The van der Waals surface area contributed by atoms with E-state index in [1.165, 1.54) is 0 Å². The van der Waals surface area contributed by atoms with Gasteiger partial charge in [-0.15, -0.1) is 0 Å². The molecule has 9 heteroatoms. The first kappa shape index (κ1) is 20.7. The lowest BCUT2D eigenvalue weighted by Gasteiger charge is -2.40. The highest BCUT2D eigenvalue weighted by atomic mass is 19.3. The van der Waals surface area contributed by atoms with E-state index in [0.717, 1.165) is 32.1 Å². The Kier molecular flexibility index (Phi) is 5.63. The number of alkyl halides is 2. The fourth-order valence-corrected chi connectivity index (χ4v) is 4.85. The lowest BCUT2D eigenvalue weighted by atomic mass is 9.79. The minimum absolute atomic E-state index is 0.0874. The average Bonchev–Trinajstić information content (AvgIpc) is 3.41. The van der Waals surface area contributed by atoms with Gasteiger partial charge in [0, 0.05) is 32.0 Å². The van der Waals surface area contributed by atoms with E-state index >= 15 is 8.78 Å². The quantitative estimate of drug-likeness (QED) is 0.770. The van der Waals surface area contributed by atoms with E-state index in [4.69, 9.17) is 9.26 Å². The van der Waals surface area contributed by atoms with Crippen molar-refractivity contribution < 1.29 is 27.9 Å². The standard InChI is InChI=1S/C20H29F2N3O4/c21-20(22,19(27)8-4-1-5-9-19)16(26)24-18(10-12-28-13-11-18)17-23-15(25-29-17)14-6-2-3-7-14/h14,27H,1-13H2,(H,24,26). The fraction of sp³-hybridized carbons (Fsp3) is 0.850. The van der Waals surface area contributed by atoms with Crippen LogP contribution in [0.2, 0.25) is 0 Å². The number of nitrogens with one attached hydrogen (secondary N) is 1. The molecule has 1 saturated heterocycles. The first-order valence-corrected chi connectivity index (χ1v) is 10.7. The van der Waals surface area contributed by atoms with Crippen molar-refractivity contribution in [3.8, 4) is 0 Å². The molecule has 29 heavy (non-hydrogen) atoms. The Hall–Kier alpha value is -1.61. The monoisotopic (exact) mass is 413 g/mol. The van der Waals surface area contributed by atoms with E-state index in [9.17, 15) is 9.90 Å². The van der Waals surface area contributed by atoms with Gasteiger partial charge in [0.05, 0.1) is 0 Å². The molecule has 162 valence electrons. The van der Waals surface area contributed by atoms with Crippen molar-refractivity contribution in [3.05, 3.63) is 11.7 Å². The average molecular weight is 413 g/mol. The van der Waals surface area contributed by atoms with Gasteiger partial charge in [-0.05, 0) is 25.7 Å². The zero-order valence-electron chi connectivity index (χ0n) is 16.6. The molecule has 3 aliphatic rings. The van der Waals surface area contributed by atoms with Crippen molar-refractivity contribution in [2.24, 2.45) is 0 Å². The molecule has 4 rings (SSSR count). The molecule has 0 radical (unpaired) electrons. The van der Waals surface area contributed by atoms with Crippen LogP contribution in [0.1, 0.15) is 88.3 Å². The van der Waals surface area contributed by atoms with E-state index < -0.39 is 23.0 Å². The summed E-state index contributed by atoms with van der Waals surface area (Å²) < 4.78 is 40.9. The summed E-state index contributed by atoms with van der Waals surface area (Å²) in [5.74, 6) is -4.43. The zero-order valence-corrected chi connectivity index (χ0v) is 16.6. The Morgan fingerprint density at radius 3 is 2.38 bits per heavy atom. The van der Waals surface area contributed by atoms with Crippen LogP contribution < -0.4 is 5.32 Å². The number of rotatable bonds is 5. The Morgan fingerprint density at radius 1 is 1.07 bits per heavy atom. The number of nitrogens with zero attached hydrogens (tertiary/aromatic N) is 2. The first-order valence-electron chi connectivity index (χ1n) is 10.7. The third kappa shape index (κ3) is 3.79. The highest BCUT2D eigenvalue weighted by Crippen LogP contribution is 2.42. The van der Waals surface area contributed by atoms with Gasteiger partial charge in [-0.3, -0.25) is 4.79 Å². The van der Waals surface area contributed by atoms with Gasteiger partial charge >= 0.3 is 5.92 Å². The van der Waals surface area contributed by atoms with Gasteiger partial charge < -0.3 is 19.7 Å². The van der Waals surface area contributed by atoms with Crippen LogP contribution in [0.25, 0.3) is 0 Å². The maximum atomic E-state index is 15.0. The molecule has 0 unspecified atom stereocenters. The molecule has 2 N–H and O–H groups in total. The van der Waals surface area contributed by atoms with Gasteiger partial charge in [0.1, 0.15) is 11.1 Å². The molecule has 0 aromatic carbocycles. The summed E-state index contributed by atoms with van der Waals surface area (Å²) in [7, 11) is 0. The summed E-state index contributed by atoms with van der Waals surface area (Å²) in [6.45, 7) is 0.578. The number of carbonyl (C=O) groups excluding carboxylic acids is 1. The van der Waals surface area contributed by atoms with Gasteiger partial charge in [-0.1, -0.05) is 37.3 Å². The van der Waals surface area contributed by atoms with E-state index in [-0.39, 0.29) is 50.7 Å². The topological polar surface area (TPSA) is 97.5 Å². The molecule has 1 aromatic rings. The van der Waals surface area contributed by atoms with Crippen molar-refractivity contribution in [1.29, 1.82) is 0 Å². The van der Waals surface area contributed by atoms with E-state index in [1.807, 2.05) is 0 Å². The number of amides is 1. The van der Waals surface area contributed by atoms with Crippen LogP contribution >= 0.6 is 0 Å². The van der Waals surface area contributed by atoms with Crippen LogP contribution in [0.15, 0.2) is 4.52 Å². The van der Waals surface area contributed by atoms with Gasteiger partial charge in [0.25, 0.3) is 11.8 Å². The van der Waals surface area contributed by atoms with Crippen LogP contribution in [0, 0.1) is 0 Å². The molecule has 0 bridgehead atoms. The Labute approximate surface area is 168 Å². The van der Waals surface area contributed by atoms with E-state index in [0.29, 0.717) is 18.7 Å². The smallest absolute Gasteiger partial charge is 0.352 e. The largest absolute Gasteiger partial charge is 0.383 e. The molecule has 1 aliphatic heterocycles. The normalized spacial score (nSPS) is 25.1. The van der Waals surface area contributed by atoms with Crippen LogP contribution in [-0.2, 0) is 15.1 Å². The molecule has 2 saturated carbocycles. The van der Waals surface area contributed by atoms with Crippen LogP contribution in [0.5, 0.6) is 0 Å². The van der Waals surface area contributed by atoms with Crippen LogP contribution in [0.3, 0.4) is 0 Å². The van der Waals surface area contributed by atoms with Crippen LogP contribution in [-0.4, -0.2) is 45.9 Å². The first-order chi connectivity index (χ1) is 13.9. The maximum absolute atomic E-state index is 15.0. The maximum Gasteiger partial charge on any atom is 0.352 e. The second-order valence-electron chi connectivity index (χ2n) is 8.75. The van der Waals surface area contributed by atoms with Crippen molar-refractivity contribution in [1.82, 2.24) is 15.5 Å². The summed E-state index contributed by atoms with van der Waals surface area (Å²) in [4.78, 5) is 17.2. The summed E-state index contributed by atoms with van der Waals surface area (Å²) >= 11 is 0. The van der Waals surface area contributed by atoms with Crippen LogP contribution in [0.4, 0.5) is 8.78 Å².